The van der Waals surface area contributed by atoms with Gasteiger partial charge in [-0.05, 0) is 33.6 Å². The van der Waals surface area contributed by atoms with Crippen molar-refractivity contribution < 1.29 is 9.53 Å². The van der Waals surface area contributed by atoms with Gasteiger partial charge < -0.3 is 10.5 Å². The van der Waals surface area contributed by atoms with Gasteiger partial charge in [0.15, 0.2) is 5.13 Å². The topological polar surface area (TPSA) is 65.2 Å². The van der Waals surface area contributed by atoms with E-state index in [0.29, 0.717) is 5.13 Å². The van der Waals surface area contributed by atoms with Gasteiger partial charge in [-0.15, -0.1) is 11.3 Å². The zero-order chi connectivity index (χ0) is 12.0. The van der Waals surface area contributed by atoms with E-state index in [-0.39, 0.29) is 5.97 Å². The molecule has 0 aliphatic heterocycles. The minimum Gasteiger partial charge on any atom is -0.459 e. The first-order valence-electron chi connectivity index (χ1n) is 5.28. The predicted octanol–water partition coefficient (Wildman–Crippen LogP) is 2.10. The highest BCUT2D eigenvalue weighted by Crippen LogP contribution is 2.50. The van der Waals surface area contributed by atoms with Crippen molar-refractivity contribution in [1.82, 2.24) is 4.98 Å². The highest BCUT2D eigenvalue weighted by Gasteiger charge is 2.55. The van der Waals surface area contributed by atoms with Crippen molar-refractivity contribution in [1.29, 1.82) is 0 Å². The molecule has 0 radical (unpaired) electrons. The van der Waals surface area contributed by atoms with E-state index in [2.05, 4.69) is 4.98 Å². The average Bonchev–Trinajstić information content (AvgIpc) is 2.82. The van der Waals surface area contributed by atoms with Gasteiger partial charge in [0.05, 0.1) is 5.69 Å². The van der Waals surface area contributed by atoms with Crippen LogP contribution in [0.25, 0.3) is 0 Å². The smallest absolute Gasteiger partial charge is 0.318 e. The summed E-state index contributed by atoms with van der Waals surface area (Å²) in [6.07, 6.45) is 1.62. The minimum absolute atomic E-state index is 0.176. The summed E-state index contributed by atoms with van der Waals surface area (Å²) >= 11 is 1.37. The molecule has 0 amide bonds. The first kappa shape index (κ1) is 11.4. The molecular formula is C11H16N2O2S. The van der Waals surface area contributed by atoms with Crippen molar-refractivity contribution in [3.8, 4) is 0 Å². The van der Waals surface area contributed by atoms with Crippen LogP contribution in [-0.2, 0) is 14.9 Å². The standard InChI is InChI=1S/C11H16N2O2S/c1-10(2,3)15-8(14)11(4-5-11)7-6-16-9(12)13-7/h6H,4-5H2,1-3H3,(H2,12,13). The van der Waals surface area contributed by atoms with E-state index in [0.717, 1.165) is 18.5 Å². The summed E-state index contributed by atoms with van der Waals surface area (Å²) < 4.78 is 5.41. The highest BCUT2D eigenvalue weighted by molar-refractivity contribution is 7.13. The molecule has 2 N–H and O–H groups in total. The maximum Gasteiger partial charge on any atom is 0.318 e. The van der Waals surface area contributed by atoms with Crippen LogP contribution in [0.1, 0.15) is 39.3 Å². The molecule has 0 unspecified atom stereocenters. The Balaban J connectivity index is 2.17. The van der Waals surface area contributed by atoms with Gasteiger partial charge in [-0.3, -0.25) is 4.79 Å². The lowest BCUT2D eigenvalue weighted by atomic mass is 10.0. The second kappa shape index (κ2) is 3.45. The zero-order valence-corrected chi connectivity index (χ0v) is 10.6. The Morgan fingerprint density at radius 3 is 2.56 bits per heavy atom. The van der Waals surface area contributed by atoms with Crippen molar-refractivity contribution in [2.45, 2.75) is 44.6 Å². The summed E-state index contributed by atoms with van der Waals surface area (Å²) in [7, 11) is 0. The lowest BCUT2D eigenvalue weighted by molar-refractivity contribution is -0.158. The summed E-state index contributed by atoms with van der Waals surface area (Å²) in [6.45, 7) is 5.61. The van der Waals surface area contributed by atoms with Gasteiger partial charge in [-0.25, -0.2) is 4.98 Å². The van der Waals surface area contributed by atoms with Crippen LogP contribution in [0.2, 0.25) is 0 Å². The normalized spacial score (nSPS) is 18.2. The number of aromatic nitrogens is 1. The fraction of sp³-hybridized carbons (Fsp3) is 0.636. The van der Waals surface area contributed by atoms with E-state index < -0.39 is 11.0 Å². The molecule has 0 atom stereocenters. The van der Waals surface area contributed by atoms with Crippen molar-refractivity contribution in [3.05, 3.63) is 11.1 Å². The minimum atomic E-state index is -0.512. The third-order valence-electron chi connectivity index (χ3n) is 2.55. The number of carbonyl (C=O) groups excluding carboxylic acids is 1. The Morgan fingerprint density at radius 2 is 2.19 bits per heavy atom. The molecule has 5 heteroatoms. The second-order valence-corrected chi connectivity index (χ2v) is 6.04. The SMILES string of the molecule is CC(C)(C)OC(=O)C1(c2csc(N)n2)CC1. The zero-order valence-electron chi connectivity index (χ0n) is 9.74. The lowest BCUT2D eigenvalue weighted by Gasteiger charge is -2.22. The van der Waals surface area contributed by atoms with Gasteiger partial charge in [-0.2, -0.15) is 0 Å². The van der Waals surface area contributed by atoms with Gasteiger partial charge in [0.2, 0.25) is 0 Å². The molecule has 16 heavy (non-hydrogen) atoms. The van der Waals surface area contributed by atoms with E-state index in [1.165, 1.54) is 11.3 Å². The molecule has 1 aliphatic rings. The number of carbonyl (C=O) groups is 1. The van der Waals surface area contributed by atoms with Crippen LogP contribution in [0.3, 0.4) is 0 Å². The highest BCUT2D eigenvalue weighted by atomic mass is 32.1. The van der Waals surface area contributed by atoms with Gasteiger partial charge in [0.1, 0.15) is 11.0 Å². The molecular weight excluding hydrogens is 224 g/mol. The molecule has 4 nitrogen and oxygen atoms in total. The molecule has 0 saturated heterocycles. The number of nitrogen functional groups attached to an aromatic ring is 1. The van der Waals surface area contributed by atoms with Crippen molar-refractivity contribution >= 4 is 22.4 Å². The van der Waals surface area contributed by atoms with Crippen LogP contribution < -0.4 is 5.73 Å². The number of anilines is 1. The molecule has 0 spiro atoms. The van der Waals surface area contributed by atoms with Crippen LogP contribution >= 0.6 is 11.3 Å². The summed E-state index contributed by atoms with van der Waals surface area (Å²) in [6, 6.07) is 0. The molecule has 1 aliphatic carbocycles. The maximum absolute atomic E-state index is 12.1. The molecule has 2 rings (SSSR count). The van der Waals surface area contributed by atoms with Gasteiger partial charge in [0.25, 0.3) is 0 Å². The Morgan fingerprint density at radius 1 is 1.56 bits per heavy atom. The van der Waals surface area contributed by atoms with E-state index in [4.69, 9.17) is 10.5 Å². The summed E-state index contributed by atoms with van der Waals surface area (Å²) in [5.74, 6) is -0.176. The third kappa shape index (κ3) is 2.04. The van der Waals surface area contributed by atoms with Crippen LogP contribution in [0, 0.1) is 0 Å². The second-order valence-electron chi connectivity index (χ2n) is 5.15. The molecule has 88 valence electrons. The fourth-order valence-electron chi connectivity index (χ4n) is 1.57. The monoisotopic (exact) mass is 240 g/mol. The van der Waals surface area contributed by atoms with Crippen LogP contribution in [0.5, 0.6) is 0 Å². The number of thiazole rings is 1. The lowest BCUT2D eigenvalue weighted by Crippen LogP contribution is -2.32. The van der Waals surface area contributed by atoms with Gasteiger partial charge in [0, 0.05) is 5.38 Å². The number of ether oxygens (including phenoxy) is 1. The van der Waals surface area contributed by atoms with Crippen molar-refractivity contribution in [2.24, 2.45) is 0 Å². The number of hydrogen-bond acceptors (Lipinski definition) is 5. The van der Waals surface area contributed by atoms with E-state index >= 15 is 0 Å². The van der Waals surface area contributed by atoms with Crippen LogP contribution in [-0.4, -0.2) is 16.6 Å². The number of hydrogen-bond donors (Lipinski definition) is 1. The van der Waals surface area contributed by atoms with Crippen molar-refractivity contribution in [3.63, 3.8) is 0 Å². The average molecular weight is 240 g/mol. The quantitative estimate of drug-likeness (QED) is 0.804. The van der Waals surface area contributed by atoms with Gasteiger partial charge >= 0.3 is 5.97 Å². The predicted molar refractivity (Wildman–Crippen MR) is 63.3 cm³/mol. The number of esters is 1. The molecule has 1 aromatic rings. The van der Waals surface area contributed by atoms with Crippen molar-refractivity contribution in [2.75, 3.05) is 5.73 Å². The summed E-state index contributed by atoms with van der Waals surface area (Å²) in [5.41, 5.74) is 5.39. The maximum atomic E-state index is 12.1. The fourth-order valence-corrected chi connectivity index (χ4v) is 2.23. The molecule has 1 fully saturated rings. The Labute approximate surface area is 98.8 Å². The van der Waals surface area contributed by atoms with E-state index in [9.17, 15) is 4.79 Å². The Kier molecular flexibility index (Phi) is 2.45. The van der Waals surface area contributed by atoms with Gasteiger partial charge in [-0.1, -0.05) is 0 Å². The Hall–Kier alpha value is -1.10. The van der Waals surface area contributed by atoms with E-state index in [1.54, 1.807) is 0 Å². The molecule has 0 bridgehead atoms. The van der Waals surface area contributed by atoms with Crippen LogP contribution in [0.15, 0.2) is 5.38 Å². The third-order valence-corrected chi connectivity index (χ3v) is 3.23. The summed E-state index contributed by atoms with van der Waals surface area (Å²) in [4.78, 5) is 16.2. The molecule has 1 aromatic heterocycles. The number of rotatable bonds is 2. The molecule has 1 saturated carbocycles. The largest absolute Gasteiger partial charge is 0.459 e. The molecule has 1 heterocycles. The first-order valence-corrected chi connectivity index (χ1v) is 6.16. The molecule has 0 aromatic carbocycles. The van der Waals surface area contributed by atoms with E-state index in [1.807, 2.05) is 26.2 Å². The summed E-state index contributed by atoms with van der Waals surface area (Å²) in [5, 5.41) is 2.36. The van der Waals surface area contributed by atoms with Crippen LogP contribution in [0.4, 0.5) is 5.13 Å². The number of nitrogens with zero attached hydrogens (tertiary/aromatic N) is 1. The Bertz CT molecular complexity index is 416. The number of nitrogens with two attached hydrogens (primary N) is 1. The first-order chi connectivity index (χ1) is 7.33.